The molecule has 134 valence electrons. The minimum absolute atomic E-state index is 0.293. The molecule has 0 N–H and O–H groups in total. The van der Waals surface area contributed by atoms with Gasteiger partial charge in [-0.2, -0.15) is 4.98 Å². The normalized spacial score (nSPS) is 21.8. The summed E-state index contributed by atoms with van der Waals surface area (Å²) in [6.07, 6.45) is 6.67. The second-order valence-electron chi connectivity index (χ2n) is 6.68. The van der Waals surface area contributed by atoms with E-state index in [0.29, 0.717) is 23.9 Å². The molecule has 2 aliphatic heterocycles. The van der Waals surface area contributed by atoms with Crippen molar-refractivity contribution < 1.29 is 14.0 Å². The Labute approximate surface area is 147 Å². The molecule has 2 fully saturated rings. The van der Waals surface area contributed by atoms with E-state index in [4.69, 9.17) is 14.0 Å². The van der Waals surface area contributed by atoms with Gasteiger partial charge in [-0.1, -0.05) is 5.16 Å². The van der Waals surface area contributed by atoms with Crippen molar-refractivity contribution in [2.24, 2.45) is 0 Å². The zero-order chi connectivity index (χ0) is 17.1. The average Bonchev–Trinajstić information content (AvgIpc) is 3.32. The largest absolute Gasteiger partial charge is 0.376 e. The Morgan fingerprint density at radius 3 is 2.88 bits per heavy atom. The van der Waals surface area contributed by atoms with Crippen LogP contribution in [0.3, 0.4) is 0 Å². The highest BCUT2D eigenvalue weighted by Crippen LogP contribution is 2.30. The first kappa shape index (κ1) is 16.5. The van der Waals surface area contributed by atoms with Crippen LogP contribution in [0.2, 0.25) is 0 Å². The molecule has 7 nitrogen and oxygen atoms in total. The lowest BCUT2D eigenvalue weighted by molar-refractivity contribution is -0.0280. The predicted octanol–water partition coefficient (Wildman–Crippen LogP) is 2.60. The first-order valence-electron chi connectivity index (χ1n) is 9.03. The number of rotatable bonds is 5. The van der Waals surface area contributed by atoms with Crippen LogP contribution < -0.4 is 4.90 Å². The van der Waals surface area contributed by atoms with E-state index in [0.717, 1.165) is 63.4 Å². The van der Waals surface area contributed by atoms with Gasteiger partial charge in [-0.15, -0.1) is 0 Å². The minimum Gasteiger partial charge on any atom is -0.376 e. The van der Waals surface area contributed by atoms with Gasteiger partial charge >= 0.3 is 0 Å². The summed E-state index contributed by atoms with van der Waals surface area (Å²) in [5.41, 5.74) is 0.891. The Balaban J connectivity index is 1.37. The lowest BCUT2D eigenvalue weighted by atomic mass is 10.1. The Hall–Kier alpha value is -1.99. The highest BCUT2D eigenvalue weighted by molar-refractivity contribution is 5.69. The van der Waals surface area contributed by atoms with Crippen molar-refractivity contribution in [3.05, 3.63) is 24.2 Å². The quantitative estimate of drug-likeness (QED) is 0.825. The summed E-state index contributed by atoms with van der Waals surface area (Å²) < 4.78 is 17.0. The zero-order valence-electron chi connectivity index (χ0n) is 14.6. The molecule has 2 saturated heterocycles. The van der Waals surface area contributed by atoms with Gasteiger partial charge in [0, 0.05) is 25.9 Å². The van der Waals surface area contributed by atoms with E-state index >= 15 is 0 Å². The topological polar surface area (TPSA) is 73.5 Å². The van der Waals surface area contributed by atoms with E-state index in [-0.39, 0.29) is 0 Å². The molecule has 0 spiro atoms. The van der Waals surface area contributed by atoms with Crippen LogP contribution in [0.15, 0.2) is 22.9 Å². The van der Waals surface area contributed by atoms with Crippen molar-refractivity contribution >= 4 is 5.82 Å². The average molecular weight is 344 g/mol. The smallest absolute Gasteiger partial charge is 0.261 e. The van der Waals surface area contributed by atoms with Crippen molar-refractivity contribution in [3.63, 3.8) is 0 Å². The molecule has 2 aliphatic rings. The van der Waals surface area contributed by atoms with Crippen molar-refractivity contribution in [1.29, 1.82) is 0 Å². The maximum atomic E-state index is 6.06. The highest BCUT2D eigenvalue weighted by atomic mass is 16.5. The number of nitrogens with zero attached hydrogens (tertiary/aromatic N) is 4. The molecule has 2 aromatic rings. The summed E-state index contributed by atoms with van der Waals surface area (Å²) in [4.78, 5) is 11.2. The van der Waals surface area contributed by atoms with E-state index in [1.807, 2.05) is 25.3 Å². The molecule has 0 bridgehead atoms. The van der Waals surface area contributed by atoms with Crippen molar-refractivity contribution in [1.82, 2.24) is 15.1 Å². The zero-order valence-corrected chi connectivity index (χ0v) is 14.6. The Morgan fingerprint density at radius 1 is 1.28 bits per heavy atom. The molecular weight excluding hydrogens is 320 g/mol. The number of pyridine rings is 1. The number of aromatic nitrogens is 3. The van der Waals surface area contributed by atoms with Crippen molar-refractivity contribution in [2.75, 3.05) is 31.2 Å². The van der Waals surface area contributed by atoms with Gasteiger partial charge in [-0.25, -0.2) is 4.98 Å². The molecule has 7 heteroatoms. The van der Waals surface area contributed by atoms with Gasteiger partial charge in [0.25, 0.3) is 5.89 Å². The number of anilines is 1. The van der Waals surface area contributed by atoms with Crippen LogP contribution in [0.4, 0.5) is 5.82 Å². The molecular formula is C18H24N4O3. The minimum atomic E-state index is 0.293. The van der Waals surface area contributed by atoms with Gasteiger partial charge in [0.1, 0.15) is 5.82 Å². The van der Waals surface area contributed by atoms with Crippen molar-refractivity contribution in [2.45, 2.75) is 44.8 Å². The van der Waals surface area contributed by atoms with Gasteiger partial charge in [-0.3, -0.25) is 0 Å². The predicted molar refractivity (Wildman–Crippen MR) is 92.4 cm³/mol. The third-order valence-corrected chi connectivity index (χ3v) is 4.83. The SMILES string of the molecule is Cc1noc(-c2cccnc2N2CCC(OCC3CCCO3)CC2)n1. The van der Waals surface area contributed by atoms with Crippen LogP contribution in [0.5, 0.6) is 0 Å². The monoisotopic (exact) mass is 344 g/mol. The fourth-order valence-corrected chi connectivity index (χ4v) is 3.48. The first-order chi connectivity index (χ1) is 12.3. The molecule has 4 rings (SSSR count). The summed E-state index contributed by atoms with van der Waals surface area (Å²) >= 11 is 0. The van der Waals surface area contributed by atoms with Crippen LogP contribution in [0.1, 0.15) is 31.5 Å². The number of hydrogen-bond acceptors (Lipinski definition) is 7. The number of ether oxygens (including phenoxy) is 2. The van der Waals surface area contributed by atoms with Gasteiger partial charge in [0.05, 0.1) is 24.4 Å². The number of piperidine rings is 1. The van der Waals surface area contributed by atoms with Crippen LogP contribution in [0.25, 0.3) is 11.5 Å². The molecule has 25 heavy (non-hydrogen) atoms. The summed E-state index contributed by atoms with van der Waals surface area (Å²) in [5, 5.41) is 3.89. The Morgan fingerprint density at radius 2 is 2.16 bits per heavy atom. The van der Waals surface area contributed by atoms with E-state index in [9.17, 15) is 0 Å². The standard InChI is InChI=1S/C18H24N4O3/c1-13-20-18(25-21-13)16-5-2-8-19-17(16)22-9-6-14(7-10-22)24-12-15-4-3-11-23-15/h2,5,8,14-15H,3-4,6-7,9-12H2,1H3. The van der Waals surface area contributed by atoms with Crippen LogP contribution in [-0.2, 0) is 9.47 Å². The van der Waals surface area contributed by atoms with E-state index in [1.54, 1.807) is 0 Å². The molecule has 1 atom stereocenters. The van der Waals surface area contributed by atoms with E-state index in [1.165, 1.54) is 0 Å². The summed E-state index contributed by atoms with van der Waals surface area (Å²) in [6.45, 7) is 5.24. The molecule has 0 saturated carbocycles. The van der Waals surface area contributed by atoms with Gasteiger partial charge in [0.15, 0.2) is 5.82 Å². The lowest BCUT2D eigenvalue weighted by Gasteiger charge is -2.33. The van der Waals surface area contributed by atoms with Crippen LogP contribution in [0, 0.1) is 6.92 Å². The Bertz CT molecular complexity index is 691. The van der Waals surface area contributed by atoms with Gasteiger partial charge in [0.2, 0.25) is 0 Å². The number of aryl methyl sites for hydroxylation is 1. The molecule has 2 aromatic heterocycles. The van der Waals surface area contributed by atoms with Crippen molar-refractivity contribution in [3.8, 4) is 11.5 Å². The fraction of sp³-hybridized carbons (Fsp3) is 0.611. The Kier molecular flexibility index (Phi) is 4.94. The second-order valence-corrected chi connectivity index (χ2v) is 6.68. The van der Waals surface area contributed by atoms with Gasteiger partial charge in [-0.05, 0) is 44.7 Å². The van der Waals surface area contributed by atoms with Crippen LogP contribution in [-0.4, -0.2) is 53.6 Å². The van der Waals surface area contributed by atoms with Crippen LogP contribution >= 0.6 is 0 Å². The van der Waals surface area contributed by atoms with E-state index < -0.39 is 0 Å². The summed E-state index contributed by atoms with van der Waals surface area (Å²) in [5.74, 6) is 2.06. The highest BCUT2D eigenvalue weighted by Gasteiger charge is 2.25. The van der Waals surface area contributed by atoms with Gasteiger partial charge < -0.3 is 18.9 Å². The number of hydrogen-bond donors (Lipinski definition) is 0. The fourth-order valence-electron chi connectivity index (χ4n) is 3.48. The molecule has 0 amide bonds. The summed E-state index contributed by atoms with van der Waals surface area (Å²) in [7, 11) is 0. The first-order valence-corrected chi connectivity index (χ1v) is 9.03. The molecule has 1 unspecified atom stereocenters. The van der Waals surface area contributed by atoms with E-state index in [2.05, 4.69) is 20.0 Å². The molecule has 0 radical (unpaired) electrons. The maximum Gasteiger partial charge on any atom is 0.261 e. The maximum absolute atomic E-state index is 6.06. The molecule has 0 aromatic carbocycles. The molecule has 0 aliphatic carbocycles. The lowest BCUT2D eigenvalue weighted by Crippen LogP contribution is -2.38. The molecule has 4 heterocycles. The summed E-state index contributed by atoms with van der Waals surface area (Å²) in [6, 6.07) is 3.88. The third kappa shape index (κ3) is 3.82. The second kappa shape index (κ2) is 7.49. The third-order valence-electron chi connectivity index (χ3n) is 4.83.